The summed E-state index contributed by atoms with van der Waals surface area (Å²) in [5.74, 6) is 1.53. The van der Waals surface area contributed by atoms with Gasteiger partial charge in [0.15, 0.2) is 0 Å². The van der Waals surface area contributed by atoms with Crippen LogP contribution in [0.4, 0.5) is 5.82 Å². The zero-order valence-corrected chi connectivity index (χ0v) is 18.4. The van der Waals surface area contributed by atoms with Gasteiger partial charge in [-0.05, 0) is 42.5 Å². The number of para-hydroxylation sites is 1. The van der Waals surface area contributed by atoms with Crippen molar-refractivity contribution < 1.29 is 4.79 Å². The predicted octanol–water partition coefficient (Wildman–Crippen LogP) is 5.74. The number of thiazole rings is 1. The van der Waals surface area contributed by atoms with Crippen LogP contribution < -0.4 is 5.32 Å². The molecular formula is C21H19ClN4OS2. The monoisotopic (exact) mass is 442 g/mol. The van der Waals surface area contributed by atoms with Gasteiger partial charge in [0.25, 0.3) is 0 Å². The number of thioether (sulfide) groups is 1. The topological polar surface area (TPSA) is 59.8 Å². The van der Waals surface area contributed by atoms with Crippen molar-refractivity contribution in [1.82, 2.24) is 14.8 Å². The number of benzene rings is 2. The van der Waals surface area contributed by atoms with E-state index in [1.54, 1.807) is 16.4 Å². The number of halogens is 1. The Hall–Kier alpha value is -2.35. The first kappa shape index (κ1) is 19.9. The third-order valence-corrected chi connectivity index (χ3v) is 6.43. The second-order valence-electron chi connectivity index (χ2n) is 6.47. The Balaban J connectivity index is 1.54. The molecule has 0 aliphatic rings. The number of aromatic nitrogens is 3. The van der Waals surface area contributed by atoms with E-state index < -0.39 is 0 Å². The molecule has 2 heterocycles. The molecule has 1 N–H and O–H groups in total. The summed E-state index contributed by atoms with van der Waals surface area (Å²) in [5, 5.41) is 8.73. The molecule has 0 spiro atoms. The number of aryl methyl sites for hydroxylation is 1. The number of anilines is 1. The number of nitrogens with zero attached hydrogens (tertiary/aromatic N) is 3. The molecule has 0 aliphatic heterocycles. The van der Waals surface area contributed by atoms with Crippen LogP contribution in [0.2, 0.25) is 5.02 Å². The Kier molecular flexibility index (Phi) is 5.89. The quantitative estimate of drug-likeness (QED) is 0.387. The molecular weight excluding hydrogens is 424 g/mol. The van der Waals surface area contributed by atoms with E-state index in [1.807, 2.05) is 43.3 Å². The van der Waals surface area contributed by atoms with Gasteiger partial charge < -0.3 is 5.32 Å². The van der Waals surface area contributed by atoms with Gasteiger partial charge >= 0.3 is 0 Å². The fourth-order valence-electron chi connectivity index (χ4n) is 2.97. The van der Waals surface area contributed by atoms with Crippen molar-refractivity contribution >= 4 is 56.6 Å². The van der Waals surface area contributed by atoms with Crippen molar-refractivity contribution in [2.45, 2.75) is 25.2 Å². The van der Waals surface area contributed by atoms with Crippen molar-refractivity contribution in [3.63, 3.8) is 0 Å². The number of hydrogen-bond donors (Lipinski definition) is 1. The second kappa shape index (κ2) is 8.57. The Bertz CT molecular complexity index is 1170. The zero-order chi connectivity index (χ0) is 20.4. The normalized spacial score (nSPS) is 11.1. The molecule has 148 valence electrons. The van der Waals surface area contributed by atoms with Crippen LogP contribution in [0, 0.1) is 6.92 Å². The SMILES string of the molecule is CCSc1ccc(CC(=O)Nc2cc(C)nn2-c2nc3c(Cl)cccc3s2)cc1. The average molecular weight is 443 g/mol. The van der Waals surface area contributed by atoms with Crippen LogP contribution in [0.15, 0.2) is 53.4 Å². The maximum Gasteiger partial charge on any atom is 0.229 e. The van der Waals surface area contributed by atoms with Gasteiger partial charge in [0.2, 0.25) is 11.0 Å². The van der Waals surface area contributed by atoms with Crippen LogP contribution in [-0.4, -0.2) is 26.4 Å². The molecule has 0 fully saturated rings. The van der Waals surface area contributed by atoms with Gasteiger partial charge in [-0.2, -0.15) is 9.78 Å². The summed E-state index contributed by atoms with van der Waals surface area (Å²) in [6, 6.07) is 15.6. The Morgan fingerprint density at radius 3 is 2.76 bits per heavy atom. The Labute approximate surface area is 182 Å². The summed E-state index contributed by atoms with van der Waals surface area (Å²) in [7, 11) is 0. The minimum absolute atomic E-state index is 0.0961. The molecule has 4 aromatic rings. The highest BCUT2D eigenvalue weighted by atomic mass is 35.5. The van der Waals surface area contributed by atoms with Gasteiger partial charge in [-0.3, -0.25) is 4.79 Å². The molecule has 0 unspecified atom stereocenters. The van der Waals surface area contributed by atoms with Gasteiger partial charge in [0.05, 0.1) is 21.8 Å². The lowest BCUT2D eigenvalue weighted by molar-refractivity contribution is -0.115. The lowest BCUT2D eigenvalue weighted by Crippen LogP contribution is -2.17. The predicted molar refractivity (Wildman–Crippen MR) is 122 cm³/mol. The summed E-state index contributed by atoms with van der Waals surface area (Å²) < 4.78 is 2.64. The van der Waals surface area contributed by atoms with Crippen LogP contribution in [-0.2, 0) is 11.2 Å². The van der Waals surface area contributed by atoms with E-state index in [9.17, 15) is 4.79 Å². The minimum atomic E-state index is -0.0961. The second-order valence-corrected chi connectivity index (χ2v) is 9.22. The summed E-state index contributed by atoms with van der Waals surface area (Å²) in [6.07, 6.45) is 0.299. The number of carbonyl (C=O) groups excluding carboxylic acids is 1. The molecule has 0 atom stereocenters. The van der Waals surface area contributed by atoms with E-state index in [4.69, 9.17) is 11.6 Å². The lowest BCUT2D eigenvalue weighted by atomic mass is 10.1. The summed E-state index contributed by atoms with van der Waals surface area (Å²) in [4.78, 5) is 18.4. The van der Waals surface area contributed by atoms with Crippen LogP contribution in [0.5, 0.6) is 0 Å². The molecule has 0 radical (unpaired) electrons. The van der Waals surface area contributed by atoms with Crippen molar-refractivity contribution in [1.29, 1.82) is 0 Å². The molecule has 8 heteroatoms. The smallest absolute Gasteiger partial charge is 0.229 e. The molecule has 0 aliphatic carbocycles. The first-order chi connectivity index (χ1) is 14.0. The van der Waals surface area contributed by atoms with Gasteiger partial charge in [-0.15, -0.1) is 11.8 Å². The largest absolute Gasteiger partial charge is 0.310 e. The summed E-state index contributed by atoms with van der Waals surface area (Å²) >= 11 is 9.52. The summed E-state index contributed by atoms with van der Waals surface area (Å²) in [5.41, 5.74) is 2.51. The number of carbonyl (C=O) groups is 1. The first-order valence-corrected chi connectivity index (χ1v) is 11.3. The van der Waals surface area contributed by atoms with Gasteiger partial charge in [0, 0.05) is 11.0 Å². The highest BCUT2D eigenvalue weighted by Crippen LogP contribution is 2.31. The Morgan fingerprint density at radius 1 is 1.24 bits per heavy atom. The van der Waals surface area contributed by atoms with Gasteiger partial charge in [-0.25, -0.2) is 4.98 Å². The standard InChI is InChI=1S/C21H19ClN4OS2/c1-3-28-15-9-7-14(8-10-15)12-19(27)23-18-11-13(2)25-26(18)21-24-20-16(22)5-4-6-17(20)29-21/h4-11H,3,12H2,1-2H3,(H,23,27). The van der Waals surface area contributed by atoms with E-state index in [2.05, 4.69) is 34.5 Å². The molecule has 0 saturated heterocycles. The van der Waals surface area contributed by atoms with Crippen molar-refractivity contribution in [2.75, 3.05) is 11.1 Å². The van der Waals surface area contributed by atoms with Gasteiger partial charge in [0.1, 0.15) is 11.3 Å². The van der Waals surface area contributed by atoms with Crippen molar-refractivity contribution in [3.8, 4) is 5.13 Å². The molecule has 29 heavy (non-hydrogen) atoms. The first-order valence-electron chi connectivity index (χ1n) is 9.17. The Morgan fingerprint density at radius 2 is 2.03 bits per heavy atom. The van der Waals surface area contributed by atoms with E-state index in [1.165, 1.54) is 16.2 Å². The number of hydrogen-bond acceptors (Lipinski definition) is 5. The highest BCUT2D eigenvalue weighted by molar-refractivity contribution is 7.99. The average Bonchev–Trinajstić information content (AvgIpc) is 3.27. The van der Waals surface area contributed by atoms with E-state index in [0.29, 0.717) is 22.4 Å². The number of nitrogens with one attached hydrogen (secondary N) is 1. The minimum Gasteiger partial charge on any atom is -0.310 e. The van der Waals surface area contributed by atoms with E-state index in [-0.39, 0.29) is 5.91 Å². The maximum atomic E-state index is 12.6. The number of rotatable bonds is 6. The van der Waals surface area contributed by atoms with E-state index in [0.717, 1.165) is 27.2 Å². The van der Waals surface area contributed by atoms with Crippen LogP contribution in [0.1, 0.15) is 18.2 Å². The highest BCUT2D eigenvalue weighted by Gasteiger charge is 2.15. The van der Waals surface area contributed by atoms with Crippen molar-refractivity contribution in [3.05, 3.63) is 64.8 Å². The molecule has 1 amide bonds. The molecule has 5 nitrogen and oxygen atoms in total. The van der Waals surface area contributed by atoms with Crippen molar-refractivity contribution in [2.24, 2.45) is 0 Å². The number of amides is 1. The van der Waals surface area contributed by atoms with Crippen LogP contribution >= 0.6 is 34.7 Å². The molecule has 2 aromatic carbocycles. The molecule has 0 saturated carbocycles. The molecule has 4 rings (SSSR count). The fourth-order valence-corrected chi connectivity index (χ4v) is 4.86. The fraction of sp³-hybridized carbons (Fsp3) is 0.190. The lowest BCUT2D eigenvalue weighted by Gasteiger charge is -2.07. The summed E-state index contributed by atoms with van der Waals surface area (Å²) in [6.45, 7) is 4.01. The van der Waals surface area contributed by atoms with Crippen LogP contribution in [0.3, 0.4) is 0 Å². The maximum absolute atomic E-state index is 12.6. The van der Waals surface area contributed by atoms with Crippen LogP contribution in [0.25, 0.3) is 15.3 Å². The molecule has 2 aromatic heterocycles. The zero-order valence-electron chi connectivity index (χ0n) is 16.0. The molecule has 0 bridgehead atoms. The third-order valence-electron chi connectivity index (χ3n) is 4.24. The van der Waals surface area contributed by atoms with Gasteiger partial charge in [-0.1, -0.05) is 48.1 Å². The third kappa shape index (κ3) is 4.47. The number of fused-ring (bicyclic) bond motifs is 1. The van der Waals surface area contributed by atoms with E-state index >= 15 is 0 Å².